The molecule has 1 aliphatic heterocycles. The van der Waals surface area contributed by atoms with Gasteiger partial charge < -0.3 is 4.90 Å². The van der Waals surface area contributed by atoms with Crippen molar-refractivity contribution < 1.29 is 12.8 Å². The van der Waals surface area contributed by atoms with Crippen LogP contribution in [0.1, 0.15) is 31.7 Å². The molecule has 1 heterocycles. The van der Waals surface area contributed by atoms with Crippen molar-refractivity contribution >= 4 is 9.84 Å². The SMILES string of the molecule is CCS(=O)(=O)CCCN1CCCC1Cc1cccc(F)c1. The molecule has 0 radical (unpaired) electrons. The largest absolute Gasteiger partial charge is 0.300 e. The Morgan fingerprint density at radius 1 is 1.38 bits per heavy atom. The van der Waals surface area contributed by atoms with Crippen LogP contribution in [0.5, 0.6) is 0 Å². The van der Waals surface area contributed by atoms with E-state index in [1.165, 1.54) is 6.07 Å². The normalized spacial score (nSPS) is 20.0. The van der Waals surface area contributed by atoms with E-state index in [2.05, 4.69) is 4.90 Å². The van der Waals surface area contributed by atoms with Crippen molar-refractivity contribution in [3.8, 4) is 0 Å². The molecule has 3 nitrogen and oxygen atoms in total. The van der Waals surface area contributed by atoms with Crippen molar-refractivity contribution in [3.05, 3.63) is 35.6 Å². The van der Waals surface area contributed by atoms with Crippen molar-refractivity contribution in [2.24, 2.45) is 0 Å². The summed E-state index contributed by atoms with van der Waals surface area (Å²) in [6.45, 7) is 3.53. The van der Waals surface area contributed by atoms with Gasteiger partial charge in [-0.1, -0.05) is 19.1 Å². The van der Waals surface area contributed by atoms with Gasteiger partial charge >= 0.3 is 0 Å². The van der Waals surface area contributed by atoms with Crippen LogP contribution in [0.3, 0.4) is 0 Å². The topological polar surface area (TPSA) is 37.4 Å². The van der Waals surface area contributed by atoms with Crippen molar-refractivity contribution in [2.45, 2.75) is 38.6 Å². The average Bonchev–Trinajstić information content (AvgIpc) is 2.86. The van der Waals surface area contributed by atoms with Crippen molar-refractivity contribution in [1.82, 2.24) is 4.90 Å². The zero-order chi connectivity index (χ0) is 15.3. The van der Waals surface area contributed by atoms with Crippen molar-refractivity contribution in [3.63, 3.8) is 0 Å². The number of hydrogen-bond acceptors (Lipinski definition) is 3. The molecule has 1 aliphatic rings. The lowest BCUT2D eigenvalue weighted by molar-refractivity contribution is 0.253. The van der Waals surface area contributed by atoms with Crippen LogP contribution in [0.4, 0.5) is 4.39 Å². The van der Waals surface area contributed by atoms with Gasteiger partial charge in [0.2, 0.25) is 0 Å². The zero-order valence-electron chi connectivity index (χ0n) is 12.6. The Bertz CT molecular complexity index is 559. The average molecular weight is 313 g/mol. The molecule has 0 amide bonds. The van der Waals surface area contributed by atoms with E-state index in [-0.39, 0.29) is 17.3 Å². The Morgan fingerprint density at radius 3 is 2.90 bits per heavy atom. The van der Waals surface area contributed by atoms with Gasteiger partial charge in [-0.05, 0) is 56.5 Å². The third kappa shape index (κ3) is 5.08. The summed E-state index contributed by atoms with van der Waals surface area (Å²) in [5.74, 6) is 0.304. The lowest BCUT2D eigenvalue weighted by atomic mass is 10.0. The molecule has 0 aromatic heterocycles. The number of nitrogens with zero attached hydrogens (tertiary/aromatic N) is 1. The van der Waals surface area contributed by atoms with Crippen LogP contribution in [-0.2, 0) is 16.3 Å². The van der Waals surface area contributed by atoms with Crippen LogP contribution in [0.15, 0.2) is 24.3 Å². The number of benzene rings is 1. The van der Waals surface area contributed by atoms with Gasteiger partial charge in [0.25, 0.3) is 0 Å². The molecule has 1 aromatic rings. The van der Waals surface area contributed by atoms with E-state index in [1.54, 1.807) is 19.1 Å². The third-order valence-corrected chi connectivity index (χ3v) is 5.99. The number of sulfone groups is 1. The summed E-state index contributed by atoms with van der Waals surface area (Å²) in [7, 11) is -2.87. The quantitative estimate of drug-likeness (QED) is 0.776. The molecule has 1 saturated heterocycles. The van der Waals surface area contributed by atoms with Gasteiger partial charge in [-0.25, -0.2) is 12.8 Å². The first-order valence-electron chi connectivity index (χ1n) is 7.69. The van der Waals surface area contributed by atoms with E-state index < -0.39 is 9.84 Å². The van der Waals surface area contributed by atoms with Gasteiger partial charge in [0, 0.05) is 11.8 Å². The monoisotopic (exact) mass is 313 g/mol. The van der Waals surface area contributed by atoms with Crippen LogP contribution in [0.25, 0.3) is 0 Å². The Hall–Kier alpha value is -0.940. The highest BCUT2D eigenvalue weighted by Gasteiger charge is 2.24. The van der Waals surface area contributed by atoms with E-state index in [4.69, 9.17) is 0 Å². The Morgan fingerprint density at radius 2 is 2.19 bits per heavy atom. The van der Waals surface area contributed by atoms with Crippen LogP contribution in [0, 0.1) is 5.82 Å². The van der Waals surface area contributed by atoms with Crippen LogP contribution in [0.2, 0.25) is 0 Å². The van der Waals surface area contributed by atoms with E-state index in [9.17, 15) is 12.8 Å². The minimum Gasteiger partial charge on any atom is -0.300 e. The summed E-state index contributed by atoms with van der Waals surface area (Å²) >= 11 is 0. The standard InChI is InChI=1S/C16H24FNO2S/c1-2-21(19,20)11-5-10-18-9-4-8-16(18)13-14-6-3-7-15(17)12-14/h3,6-7,12,16H,2,4-5,8-11,13H2,1H3. The molecule has 118 valence electrons. The van der Waals surface area contributed by atoms with Gasteiger partial charge in [0.1, 0.15) is 15.7 Å². The maximum Gasteiger partial charge on any atom is 0.150 e. The van der Waals surface area contributed by atoms with Gasteiger partial charge in [0.05, 0.1) is 5.75 Å². The Balaban J connectivity index is 1.86. The molecule has 5 heteroatoms. The zero-order valence-corrected chi connectivity index (χ0v) is 13.4. The van der Waals surface area contributed by atoms with Gasteiger partial charge in [-0.15, -0.1) is 0 Å². The predicted molar refractivity (Wildman–Crippen MR) is 83.6 cm³/mol. The van der Waals surface area contributed by atoms with Crippen LogP contribution >= 0.6 is 0 Å². The van der Waals surface area contributed by atoms with E-state index in [0.29, 0.717) is 12.5 Å². The maximum absolute atomic E-state index is 13.2. The first-order valence-corrected chi connectivity index (χ1v) is 9.51. The molecule has 1 aromatic carbocycles. The molecule has 1 atom stereocenters. The lowest BCUT2D eigenvalue weighted by Gasteiger charge is -2.24. The van der Waals surface area contributed by atoms with Crippen LogP contribution in [-0.4, -0.2) is 44.0 Å². The molecule has 0 saturated carbocycles. The van der Waals surface area contributed by atoms with E-state index >= 15 is 0 Å². The molecule has 2 rings (SSSR count). The highest BCUT2D eigenvalue weighted by molar-refractivity contribution is 7.91. The second kappa shape index (κ2) is 7.36. The molecule has 1 unspecified atom stereocenters. The summed E-state index contributed by atoms with van der Waals surface area (Å²) in [4.78, 5) is 2.36. The molecule has 21 heavy (non-hydrogen) atoms. The summed E-state index contributed by atoms with van der Waals surface area (Å²) in [5.41, 5.74) is 1.02. The second-order valence-corrected chi connectivity index (χ2v) is 8.23. The fourth-order valence-corrected chi connectivity index (χ4v) is 3.85. The molecule has 1 fully saturated rings. The fraction of sp³-hybridized carbons (Fsp3) is 0.625. The summed E-state index contributed by atoms with van der Waals surface area (Å²) in [6.07, 6.45) is 3.78. The maximum atomic E-state index is 13.2. The molecule has 0 bridgehead atoms. The minimum atomic E-state index is -2.87. The molecule has 0 aliphatic carbocycles. The molecular weight excluding hydrogens is 289 g/mol. The van der Waals surface area contributed by atoms with Crippen molar-refractivity contribution in [1.29, 1.82) is 0 Å². The van der Waals surface area contributed by atoms with Crippen molar-refractivity contribution in [2.75, 3.05) is 24.6 Å². The number of hydrogen-bond donors (Lipinski definition) is 0. The lowest BCUT2D eigenvalue weighted by Crippen LogP contribution is -2.33. The number of halogens is 1. The first-order chi connectivity index (χ1) is 10.00. The summed E-state index contributed by atoms with van der Waals surface area (Å²) in [5, 5.41) is 0. The van der Waals surface area contributed by atoms with E-state index in [0.717, 1.165) is 37.9 Å². The molecule has 0 spiro atoms. The first kappa shape index (κ1) is 16.4. The van der Waals surface area contributed by atoms with Gasteiger partial charge in [-0.3, -0.25) is 0 Å². The summed E-state index contributed by atoms with van der Waals surface area (Å²) in [6, 6.07) is 7.18. The molecule has 0 N–H and O–H groups in total. The highest BCUT2D eigenvalue weighted by Crippen LogP contribution is 2.21. The van der Waals surface area contributed by atoms with Gasteiger partial charge in [0.15, 0.2) is 0 Å². The minimum absolute atomic E-state index is 0.189. The Kier molecular flexibility index (Phi) is 5.76. The second-order valence-electron chi connectivity index (χ2n) is 5.76. The highest BCUT2D eigenvalue weighted by atomic mass is 32.2. The number of rotatable bonds is 7. The predicted octanol–water partition coefficient (Wildman–Crippen LogP) is 2.66. The smallest absolute Gasteiger partial charge is 0.150 e. The van der Waals surface area contributed by atoms with E-state index in [1.807, 2.05) is 6.07 Å². The summed E-state index contributed by atoms with van der Waals surface area (Å²) < 4.78 is 36.3. The number of likely N-dealkylation sites (tertiary alicyclic amines) is 1. The fourth-order valence-electron chi connectivity index (χ4n) is 2.99. The third-order valence-electron chi connectivity index (χ3n) is 4.20. The van der Waals surface area contributed by atoms with Crippen LogP contribution < -0.4 is 0 Å². The Labute approximate surface area is 127 Å². The molecular formula is C16H24FNO2S. The van der Waals surface area contributed by atoms with Gasteiger partial charge in [-0.2, -0.15) is 0 Å².